The third kappa shape index (κ3) is 6.92. The van der Waals surface area contributed by atoms with Crippen molar-refractivity contribution in [1.29, 1.82) is 0 Å². The number of benzene rings is 1. The second kappa shape index (κ2) is 12.4. The second-order valence-corrected chi connectivity index (χ2v) is 6.23. The molecule has 1 aromatic carbocycles. The Morgan fingerprint density at radius 1 is 0.957 bits per heavy atom. The van der Waals surface area contributed by atoms with Crippen LogP contribution in [-0.2, 0) is 0 Å². The normalized spacial score (nSPS) is 12.6. The first-order chi connectivity index (χ1) is 11.3. The number of hydrogen-bond acceptors (Lipinski definition) is 3. The van der Waals surface area contributed by atoms with Crippen molar-refractivity contribution in [3.63, 3.8) is 0 Å². The lowest BCUT2D eigenvalue weighted by Crippen LogP contribution is -2.35. The molecule has 1 aromatic rings. The van der Waals surface area contributed by atoms with Crippen molar-refractivity contribution >= 4 is 0 Å². The third-order valence-electron chi connectivity index (χ3n) is 4.30. The van der Waals surface area contributed by atoms with Gasteiger partial charge in [0.15, 0.2) is 0 Å². The molecule has 3 nitrogen and oxygen atoms in total. The van der Waals surface area contributed by atoms with Crippen LogP contribution in [0.15, 0.2) is 24.3 Å². The van der Waals surface area contributed by atoms with Crippen molar-refractivity contribution in [2.24, 2.45) is 5.73 Å². The van der Waals surface area contributed by atoms with Crippen LogP contribution in [0.2, 0.25) is 0 Å². The minimum Gasteiger partial charge on any atom is -0.493 e. The van der Waals surface area contributed by atoms with Crippen molar-refractivity contribution < 1.29 is 4.74 Å². The van der Waals surface area contributed by atoms with Gasteiger partial charge in [0.2, 0.25) is 0 Å². The highest BCUT2D eigenvalue weighted by molar-refractivity contribution is 5.36. The first-order valence-corrected chi connectivity index (χ1v) is 9.44. The van der Waals surface area contributed by atoms with Gasteiger partial charge in [-0.15, -0.1) is 0 Å². The number of unbranched alkanes of at least 4 members (excludes halogenated alkanes) is 3. The summed E-state index contributed by atoms with van der Waals surface area (Å²) in [4.78, 5) is 2.55. The minimum absolute atomic E-state index is 0.255. The summed E-state index contributed by atoms with van der Waals surface area (Å²) in [6.07, 6.45) is 7.12. The number of hydrogen-bond donors (Lipinski definition) is 1. The van der Waals surface area contributed by atoms with Gasteiger partial charge in [0.25, 0.3) is 0 Å². The van der Waals surface area contributed by atoms with Crippen LogP contribution >= 0.6 is 0 Å². The van der Waals surface area contributed by atoms with Crippen molar-refractivity contribution in [3.8, 4) is 5.75 Å². The topological polar surface area (TPSA) is 38.5 Å². The lowest BCUT2D eigenvalue weighted by Gasteiger charge is -2.32. The third-order valence-corrected chi connectivity index (χ3v) is 4.30. The molecule has 0 aliphatic heterocycles. The van der Waals surface area contributed by atoms with Gasteiger partial charge in [0.05, 0.1) is 12.6 Å². The van der Waals surface area contributed by atoms with Crippen molar-refractivity contribution in [2.75, 3.05) is 26.2 Å². The molecule has 0 radical (unpaired) electrons. The predicted molar refractivity (Wildman–Crippen MR) is 100 cm³/mol. The number of rotatable bonds is 13. The molecule has 132 valence electrons. The fraction of sp³-hybridized carbons (Fsp3) is 0.700. The minimum atomic E-state index is 0.255. The van der Waals surface area contributed by atoms with Crippen LogP contribution in [0.3, 0.4) is 0 Å². The maximum absolute atomic E-state index is 6.18. The van der Waals surface area contributed by atoms with E-state index in [0.29, 0.717) is 6.54 Å². The maximum Gasteiger partial charge on any atom is 0.124 e. The van der Waals surface area contributed by atoms with Gasteiger partial charge in [-0.1, -0.05) is 58.2 Å². The highest BCUT2D eigenvalue weighted by atomic mass is 16.5. The molecule has 3 heteroatoms. The molecule has 1 atom stereocenters. The molecule has 0 aliphatic carbocycles. The summed E-state index contributed by atoms with van der Waals surface area (Å²) in [6.45, 7) is 10.3. The summed E-state index contributed by atoms with van der Waals surface area (Å²) in [5.74, 6) is 1.01. The molecule has 0 saturated heterocycles. The highest BCUT2D eigenvalue weighted by Crippen LogP contribution is 2.29. The van der Waals surface area contributed by atoms with Gasteiger partial charge < -0.3 is 10.5 Å². The molecular formula is C20H36N2O. The van der Waals surface area contributed by atoms with E-state index in [0.717, 1.165) is 38.3 Å². The van der Waals surface area contributed by atoms with Gasteiger partial charge in [0.1, 0.15) is 5.75 Å². The van der Waals surface area contributed by atoms with E-state index in [-0.39, 0.29) is 6.04 Å². The van der Waals surface area contributed by atoms with Gasteiger partial charge in [-0.05, 0) is 38.4 Å². The van der Waals surface area contributed by atoms with Crippen LogP contribution in [0, 0.1) is 0 Å². The molecule has 0 aromatic heterocycles. The number of nitrogens with zero attached hydrogens (tertiary/aromatic N) is 1. The average Bonchev–Trinajstić information content (AvgIpc) is 2.58. The first kappa shape index (κ1) is 20.0. The Hall–Kier alpha value is -1.06. The van der Waals surface area contributed by atoms with E-state index >= 15 is 0 Å². The molecule has 0 spiro atoms. The second-order valence-electron chi connectivity index (χ2n) is 6.23. The largest absolute Gasteiger partial charge is 0.493 e. The van der Waals surface area contributed by atoms with Gasteiger partial charge in [-0.25, -0.2) is 0 Å². The zero-order chi connectivity index (χ0) is 16.9. The molecule has 0 fully saturated rings. The van der Waals surface area contributed by atoms with Gasteiger partial charge in [-0.2, -0.15) is 0 Å². The Kier molecular flexibility index (Phi) is 10.8. The van der Waals surface area contributed by atoms with E-state index in [1.807, 2.05) is 0 Å². The van der Waals surface area contributed by atoms with E-state index in [4.69, 9.17) is 10.5 Å². The lowest BCUT2D eigenvalue weighted by atomic mass is 10.0. The van der Waals surface area contributed by atoms with Gasteiger partial charge >= 0.3 is 0 Å². The van der Waals surface area contributed by atoms with Crippen LogP contribution in [0.1, 0.15) is 70.9 Å². The molecule has 0 aliphatic rings. The first-order valence-electron chi connectivity index (χ1n) is 9.44. The zero-order valence-corrected chi connectivity index (χ0v) is 15.4. The van der Waals surface area contributed by atoms with Crippen LogP contribution in [0.25, 0.3) is 0 Å². The molecule has 0 amide bonds. The van der Waals surface area contributed by atoms with E-state index in [1.54, 1.807) is 0 Å². The highest BCUT2D eigenvalue weighted by Gasteiger charge is 2.21. The number of ether oxygens (including phenoxy) is 1. The summed E-state index contributed by atoms with van der Waals surface area (Å²) in [5.41, 5.74) is 7.42. The monoisotopic (exact) mass is 320 g/mol. The van der Waals surface area contributed by atoms with E-state index < -0.39 is 0 Å². The molecule has 0 saturated carbocycles. The Morgan fingerprint density at radius 2 is 1.57 bits per heavy atom. The molecular weight excluding hydrogens is 284 g/mol. The lowest BCUT2D eigenvalue weighted by molar-refractivity contribution is 0.189. The Morgan fingerprint density at radius 3 is 2.13 bits per heavy atom. The smallest absolute Gasteiger partial charge is 0.124 e. The molecule has 0 bridgehead atoms. The summed E-state index contributed by atoms with van der Waals surface area (Å²) in [6, 6.07) is 8.68. The summed E-state index contributed by atoms with van der Waals surface area (Å²) in [7, 11) is 0. The predicted octanol–water partition coefficient (Wildman–Crippen LogP) is 4.77. The summed E-state index contributed by atoms with van der Waals surface area (Å²) < 4.78 is 6.04. The molecule has 1 rings (SSSR count). The van der Waals surface area contributed by atoms with Crippen LogP contribution < -0.4 is 10.5 Å². The SMILES string of the molecule is CCCCOc1ccccc1C(CN)N(CCCC)CCCC. The summed E-state index contributed by atoms with van der Waals surface area (Å²) in [5, 5.41) is 0. The van der Waals surface area contributed by atoms with Crippen LogP contribution in [0.4, 0.5) is 0 Å². The van der Waals surface area contributed by atoms with Crippen molar-refractivity contribution in [2.45, 2.75) is 65.3 Å². The Balaban J connectivity index is 2.90. The van der Waals surface area contributed by atoms with E-state index in [1.165, 1.54) is 31.2 Å². The zero-order valence-electron chi connectivity index (χ0n) is 15.4. The maximum atomic E-state index is 6.18. The standard InChI is InChI=1S/C20H36N2O/c1-4-7-14-22(15-8-5-2)19(17-21)18-12-10-11-13-20(18)23-16-9-6-3/h10-13,19H,4-9,14-17,21H2,1-3H3. The van der Waals surface area contributed by atoms with Crippen molar-refractivity contribution in [1.82, 2.24) is 4.90 Å². The van der Waals surface area contributed by atoms with Crippen LogP contribution in [0.5, 0.6) is 5.75 Å². The molecule has 1 unspecified atom stereocenters. The Bertz CT molecular complexity index is 400. The van der Waals surface area contributed by atoms with Crippen molar-refractivity contribution in [3.05, 3.63) is 29.8 Å². The number of nitrogens with two attached hydrogens (primary N) is 1. The quantitative estimate of drug-likeness (QED) is 0.532. The van der Waals surface area contributed by atoms with E-state index in [9.17, 15) is 0 Å². The molecule has 23 heavy (non-hydrogen) atoms. The molecule has 0 heterocycles. The van der Waals surface area contributed by atoms with Crippen LogP contribution in [-0.4, -0.2) is 31.1 Å². The van der Waals surface area contributed by atoms with E-state index in [2.05, 4.69) is 49.9 Å². The fourth-order valence-corrected chi connectivity index (χ4v) is 2.83. The fourth-order valence-electron chi connectivity index (χ4n) is 2.83. The average molecular weight is 321 g/mol. The van der Waals surface area contributed by atoms with Gasteiger partial charge in [0, 0.05) is 12.1 Å². The van der Waals surface area contributed by atoms with Gasteiger partial charge in [-0.3, -0.25) is 4.90 Å². The number of para-hydroxylation sites is 1. The Labute approximate surface area is 143 Å². The molecule has 2 N–H and O–H groups in total. The summed E-state index contributed by atoms with van der Waals surface area (Å²) >= 11 is 0.